The fraction of sp³-hybridized carbons (Fsp3) is 0.486. The number of carbonyl (C=O) groups is 3. The molecule has 1 aromatic heterocycles. The van der Waals surface area contributed by atoms with Crippen LogP contribution >= 0.6 is 0 Å². The molecule has 3 aromatic rings. The number of fused-ring (bicyclic) bond motifs is 1. The lowest BCUT2D eigenvalue weighted by molar-refractivity contribution is -0.0115. The predicted molar refractivity (Wildman–Crippen MR) is 184 cm³/mol. The monoisotopic (exact) mass is 682 g/mol. The van der Waals surface area contributed by atoms with E-state index in [0.29, 0.717) is 47.3 Å². The molecule has 2 heterocycles. The summed E-state index contributed by atoms with van der Waals surface area (Å²) in [5, 5.41) is 22.3. The van der Waals surface area contributed by atoms with Crippen LogP contribution in [0.4, 0.5) is 31.0 Å². The molecule has 0 aliphatic carbocycles. The fourth-order valence-corrected chi connectivity index (χ4v) is 5.51. The number of rotatable bonds is 7. The van der Waals surface area contributed by atoms with Crippen LogP contribution in [0, 0.1) is 25.6 Å². The van der Waals surface area contributed by atoms with E-state index in [1.807, 2.05) is 13.8 Å². The highest BCUT2D eigenvalue weighted by Crippen LogP contribution is 2.29. The zero-order valence-corrected chi connectivity index (χ0v) is 28.9. The summed E-state index contributed by atoms with van der Waals surface area (Å²) < 4.78 is 31.1. The number of halogens is 1. The number of aryl methyl sites for hydroxylation is 2. The number of anilines is 3. The Labute approximate surface area is 286 Å². The van der Waals surface area contributed by atoms with Crippen molar-refractivity contribution in [2.45, 2.75) is 72.1 Å². The van der Waals surface area contributed by atoms with Gasteiger partial charge < -0.3 is 44.9 Å². The summed E-state index contributed by atoms with van der Waals surface area (Å²) in [4.78, 5) is 43.4. The number of ether oxygens (including phenoxy) is 2. The van der Waals surface area contributed by atoms with Crippen molar-refractivity contribution in [3.8, 4) is 5.75 Å². The van der Waals surface area contributed by atoms with Gasteiger partial charge >= 0.3 is 12.1 Å². The van der Waals surface area contributed by atoms with E-state index in [0.717, 1.165) is 12.8 Å². The second-order valence-electron chi connectivity index (χ2n) is 12.6. The van der Waals surface area contributed by atoms with Crippen LogP contribution in [0.2, 0.25) is 0 Å². The molecular formula is C35H47FN6O7. The molecule has 4 N–H and O–H groups in total. The first-order valence-corrected chi connectivity index (χ1v) is 16.5. The third kappa shape index (κ3) is 10.2. The van der Waals surface area contributed by atoms with Crippen molar-refractivity contribution in [1.29, 1.82) is 0 Å². The van der Waals surface area contributed by atoms with Crippen LogP contribution in [0.3, 0.4) is 0 Å². The number of aliphatic hydroxyl groups is 1. The molecule has 0 radical (unpaired) electrons. The Kier molecular flexibility index (Phi) is 13.0. The van der Waals surface area contributed by atoms with E-state index < -0.39 is 29.9 Å². The molecule has 0 spiro atoms. The van der Waals surface area contributed by atoms with Gasteiger partial charge in [0.2, 0.25) is 0 Å². The van der Waals surface area contributed by atoms with Crippen LogP contribution in [-0.2, 0) is 4.74 Å². The first kappa shape index (κ1) is 37.1. The SMILES string of the molecule is Cc1noc(C)c1NC(=O)N(C)C[C@H]1OCCCC[C@H](C)Oc2ccc(NC(=O)Nc3ccc(F)cc3)cc2C(=O)N([C@H](C)CO)C[C@@H]1C. The van der Waals surface area contributed by atoms with Gasteiger partial charge in [-0.25, -0.2) is 14.0 Å². The normalized spacial score (nSPS) is 19.6. The van der Waals surface area contributed by atoms with E-state index in [4.69, 9.17) is 14.0 Å². The summed E-state index contributed by atoms with van der Waals surface area (Å²) in [5.41, 5.74) is 2.03. The summed E-state index contributed by atoms with van der Waals surface area (Å²) in [7, 11) is 1.67. The summed E-state index contributed by atoms with van der Waals surface area (Å²) >= 11 is 0. The van der Waals surface area contributed by atoms with Crippen molar-refractivity contribution in [3.63, 3.8) is 0 Å². The number of aliphatic hydroxyl groups excluding tert-OH is 1. The third-order valence-corrected chi connectivity index (χ3v) is 8.48. The molecule has 5 amide bonds. The van der Waals surface area contributed by atoms with E-state index >= 15 is 0 Å². The van der Waals surface area contributed by atoms with E-state index in [9.17, 15) is 23.9 Å². The molecule has 0 saturated carbocycles. The molecule has 266 valence electrons. The van der Waals surface area contributed by atoms with Gasteiger partial charge in [-0.3, -0.25) is 4.79 Å². The van der Waals surface area contributed by atoms with Crippen LogP contribution in [0.15, 0.2) is 47.0 Å². The number of nitrogens with one attached hydrogen (secondary N) is 3. The Morgan fingerprint density at radius 1 is 1.08 bits per heavy atom. The molecule has 2 aromatic carbocycles. The Bertz CT molecular complexity index is 1560. The number of carbonyl (C=O) groups excluding carboxylic acids is 3. The summed E-state index contributed by atoms with van der Waals surface area (Å²) in [6, 6.07) is 8.67. The van der Waals surface area contributed by atoms with Crippen LogP contribution in [0.5, 0.6) is 5.75 Å². The van der Waals surface area contributed by atoms with E-state index in [2.05, 4.69) is 21.1 Å². The number of amides is 5. The topological polar surface area (TPSA) is 158 Å². The minimum Gasteiger partial charge on any atom is -0.490 e. The van der Waals surface area contributed by atoms with E-state index in [1.54, 1.807) is 50.9 Å². The number of hydrogen-bond acceptors (Lipinski definition) is 8. The van der Waals surface area contributed by atoms with Gasteiger partial charge in [0, 0.05) is 44.0 Å². The predicted octanol–water partition coefficient (Wildman–Crippen LogP) is 6.03. The van der Waals surface area contributed by atoms with Gasteiger partial charge in [0.05, 0.1) is 30.4 Å². The minimum absolute atomic E-state index is 0.197. The van der Waals surface area contributed by atoms with Gasteiger partial charge in [-0.15, -0.1) is 0 Å². The average Bonchev–Trinajstić information content (AvgIpc) is 3.39. The highest BCUT2D eigenvalue weighted by molar-refractivity contribution is 6.02. The maximum Gasteiger partial charge on any atom is 0.323 e. The van der Waals surface area contributed by atoms with Crippen molar-refractivity contribution >= 4 is 35.0 Å². The Balaban J connectivity index is 1.58. The maximum atomic E-state index is 14.3. The van der Waals surface area contributed by atoms with Gasteiger partial charge in [0.15, 0.2) is 5.76 Å². The molecule has 0 saturated heterocycles. The van der Waals surface area contributed by atoms with Gasteiger partial charge in [-0.05, 0) is 89.4 Å². The highest BCUT2D eigenvalue weighted by atomic mass is 19.1. The van der Waals surface area contributed by atoms with E-state index in [1.165, 1.54) is 29.2 Å². The molecule has 0 bridgehead atoms. The Morgan fingerprint density at radius 2 is 1.78 bits per heavy atom. The third-order valence-electron chi connectivity index (χ3n) is 8.48. The van der Waals surface area contributed by atoms with Crippen molar-refractivity contribution in [2.24, 2.45) is 5.92 Å². The second-order valence-corrected chi connectivity index (χ2v) is 12.6. The number of urea groups is 2. The van der Waals surface area contributed by atoms with Crippen molar-refractivity contribution in [1.82, 2.24) is 15.0 Å². The van der Waals surface area contributed by atoms with Crippen LogP contribution in [-0.4, -0.2) is 89.6 Å². The Hall–Kier alpha value is -4.69. The lowest BCUT2D eigenvalue weighted by atomic mass is 10.0. The minimum atomic E-state index is -0.578. The first-order chi connectivity index (χ1) is 23.4. The molecule has 4 atom stereocenters. The maximum absolute atomic E-state index is 14.3. The number of benzene rings is 2. The summed E-state index contributed by atoms with van der Waals surface area (Å²) in [6.45, 7) is 9.67. The van der Waals surface area contributed by atoms with Gasteiger partial charge in [-0.1, -0.05) is 12.1 Å². The average molecular weight is 683 g/mol. The summed E-state index contributed by atoms with van der Waals surface area (Å²) in [5.74, 6) is -0.242. The molecule has 0 fully saturated rings. The largest absolute Gasteiger partial charge is 0.490 e. The lowest BCUT2D eigenvalue weighted by Crippen LogP contribution is -2.48. The van der Waals surface area contributed by atoms with Crippen LogP contribution < -0.4 is 20.7 Å². The van der Waals surface area contributed by atoms with Gasteiger partial charge in [-0.2, -0.15) is 0 Å². The van der Waals surface area contributed by atoms with Gasteiger partial charge in [0.25, 0.3) is 5.91 Å². The molecule has 1 aliphatic heterocycles. The van der Waals surface area contributed by atoms with E-state index in [-0.39, 0.29) is 43.3 Å². The molecule has 49 heavy (non-hydrogen) atoms. The molecule has 14 heteroatoms. The quantitative estimate of drug-likeness (QED) is 0.235. The van der Waals surface area contributed by atoms with Crippen molar-refractivity contribution in [2.75, 3.05) is 49.3 Å². The van der Waals surface area contributed by atoms with Gasteiger partial charge in [0.1, 0.15) is 22.9 Å². The molecule has 13 nitrogen and oxygen atoms in total. The molecule has 4 rings (SSSR count). The molecular weight excluding hydrogens is 635 g/mol. The molecule has 0 unspecified atom stereocenters. The highest BCUT2D eigenvalue weighted by Gasteiger charge is 2.31. The Morgan fingerprint density at radius 3 is 2.45 bits per heavy atom. The number of nitrogens with zero attached hydrogens (tertiary/aromatic N) is 3. The number of aromatic nitrogens is 1. The lowest BCUT2D eigenvalue weighted by Gasteiger charge is -2.35. The van der Waals surface area contributed by atoms with Crippen LogP contribution in [0.25, 0.3) is 0 Å². The number of hydrogen-bond donors (Lipinski definition) is 4. The summed E-state index contributed by atoms with van der Waals surface area (Å²) in [6.07, 6.45) is 1.60. The van der Waals surface area contributed by atoms with Crippen molar-refractivity contribution in [3.05, 3.63) is 65.3 Å². The van der Waals surface area contributed by atoms with Crippen molar-refractivity contribution < 1.29 is 37.9 Å². The second kappa shape index (κ2) is 17.1. The number of likely N-dealkylation sites (N-methyl/N-ethyl adjacent to an activating group) is 1. The smallest absolute Gasteiger partial charge is 0.323 e. The zero-order valence-electron chi connectivity index (χ0n) is 28.9. The molecule has 1 aliphatic rings. The van der Waals surface area contributed by atoms with Crippen LogP contribution in [0.1, 0.15) is 61.8 Å². The standard InChI is InChI=1S/C35H47FN6O7/c1-21-18-42(22(2)20-43)33(44)29-17-28(38-34(45)37-27-12-10-26(36)11-13-27)14-15-30(29)48-23(3)9-7-8-16-47-31(21)19-41(6)35(46)39-32-24(4)40-49-25(32)5/h10-15,17,21-23,31,43H,7-9,16,18-20H2,1-6H3,(H,39,46)(H2,37,38,45)/t21-,22+,23-,31+/m0/s1. The fourth-order valence-electron chi connectivity index (χ4n) is 5.51. The zero-order chi connectivity index (χ0) is 35.7. The first-order valence-electron chi connectivity index (χ1n) is 16.5.